The number of piperidine rings is 1. The first-order valence-corrected chi connectivity index (χ1v) is 7.37. The van der Waals surface area contributed by atoms with Crippen LogP contribution >= 0.6 is 12.4 Å². The standard InChI is InChI=1S/C16H24N2O3.ClH/c1-12-5-3-4-6-13(12)14(19)11-18-15(20)16(21-2)7-9-17-10-8-16;/h3-6,14,17,19H,7-11H2,1-2H3,(H,18,20);1H. The van der Waals surface area contributed by atoms with Crippen molar-refractivity contribution in [1.29, 1.82) is 0 Å². The number of carbonyl (C=O) groups excluding carboxylic acids is 1. The predicted octanol–water partition coefficient (Wildman–Crippen LogP) is 1.34. The van der Waals surface area contributed by atoms with Crippen LogP contribution in [-0.4, -0.2) is 43.4 Å². The Kier molecular flexibility index (Phi) is 7.29. The summed E-state index contributed by atoms with van der Waals surface area (Å²) in [5, 5.41) is 16.3. The van der Waals surface area contributed by atoms with Crippen LogP contribution in [0.1, 0.15) is 30.1 Å². The summed E-state index contributed by atoms with van der Waals surface area (Å²) in [4.78, 5) is 12.4. The van der Waals surface area contributed by atoms with Crippen molar-refractivity contribution < 1.29 is 14.6 Å². The number of hydrogen-bond donors (Lipinski definition) is 3. The number of carbonyl (C=O) groups is 1. The van der Waals surface area contributed by atoms with Gasteiger partial charge in [0.2, 0.25) is 0 Å². The number of aliphatic hydroxyl groups is 1. The molecule has 1 aliphatic heterocycles. The lowest BCUT2D eigenvalue weighted by molar-refractivity contribution is -0.147. The Labute approximate surface area is 137 Å². The molecule has 1 unspecified atom stereocenters. The summed E-state index contributed by atoms with van der Waals surface area (Å²) in [7, 11) is 1.57. The van der Waals surface area contributed by atoms with Crippen LogP contribution in [0.4, 0.5) is 0 Å². The normalized spacial score (nSPS) is 18.1. The number of nitrogens with one attached hydrogen (secondary N) is 2. The molecule has 1 atom stereocenters. The fraction of sp³-hybridized carbons (Fsp3) is 0.562. The zero-order valence-corrected chi connectivity index (χ0v) is 13.9. The van der Waals surface area contributed by atoms with Crippen molar-refractivity contribution in [2.75, 3.05) is 26.7 Å². The zero-order valence-electron chi connectivity index (χ0n) is 13.1. The first-order valence-electron chi connectivity index (χ1n) is 7.37. The Morgan fingerprint density at radius 2 is 2.05 bits per heavy atom. The van der Waals surface area contributed by atoms with Crippen LogP contribution in [0.2, 0.25) is 0 Å². The van der Waals surface area contributed by atoms with Gasteiger partial charge in [0, 0.05) is 13.7 Å². The fourth-order valence-electron chi connectivity index (χ4n) is 2.78. The van der Waals surface area contributed by atoms with Crippen molar-refractivity contribution >= 4 is 18.3 Å². The van der Waals surface area contributed by atoms with Crippen LogP contribution in [-0.2, 0) is 9.53 Å². The predicted molar refractivity (Wildman–Crippen MR) is 88.2 cm³/mol. The Balaban J connectivity index is 0.00000242. The Bertz CT molecular complexity index is 490. The highest BCUT2D eigenvalue weighted by molar-refractivity contribution is 5.85. The van der Waals surface area contributed by atoms with Gasteiger partial charge in [-0.15, -0.1) is 12.4 Å². The molecule has 0 bridgehead atoms. The molecule has 0 saturated carbocycles. The van der Waals surface area contributed by atoms with E-state index in [-0.39, 0.29) is 24.9 Å². The van der Waals surface area contributed by atoms with E-state index in [2.05, 4.69) is 10.6 Å². The van der Waals surface area contributed by atoms with E-state index >= 15 is 0 Å². The Morgan fingerprint density at radius 1 is 1.41 bits per heavy atom. The highest BCUT2D eigenvalue weighted by Gasteiger charge is 2.39. The van der Waals surface area contributed by atoms with E-state index in [9.17, 15) is 9.90 Å². The summed E-state index contributed by atoms with van der Waals surface area (Å²) in [6.45, 7) is 3.68. The van der Waals surface area contributed by atoms with Crippen LogP contribution < -0.4 is 10.6 Å². The van der Waals surface area contributed by atoms with E-state index in [1.165, 1.54) is 0 Å². The van der Waals surface area contributed by atoms with Gasteiger partial charge in [-0.1, -0.05) is 24.3 Å². The molecule has 6 heteroatoms. The number of methoxy groups -OCH3 is 1. The smallest absolute Gasteiger partial charge is 0.252 e. The van der Waals surface area contributed by atoms with Crippen molar-refractivity contribution in [2.24, 2.45) is 0 Å². The van der Waals surface area contributed by atoms with Crippen LogP contribution in [0.5, 0.6) is 0 Å². The minimum absolute atomic E-state index is 0. The summed E-state index contributed by atoms with van der Waals surface area (Å²) in [5.41, 5.74) is 1.09. The van der Waals surface area contributed by atoms with Crippen LogP contribution in [0.25, 0.3) is 0 Å². The molecule has 1 fully saturated rings. The molecular weight excluding hydrogens is 304 g/mol. The van der Waals surface area contributed by atoms with Gasteiger partial charge in [0.05, 0.1) is 6.10 Å². The molecule has 3 N–H and O–H groups in total. The maximum absolute atomic E-state index is 12.4. The average molecular weight is 329 g/mol. The third kappa shape index (κ3) is 4.20. The molecule has 1 heterocycles. The van der Waals surface area contributed by atoms with Gasteiger partial charge in [-0.25, -0.2) is 0 Å². The largest absolute Gasteiger partial charge is 0.387 e. The van der Waals surface area contributed by atoms with E-state index in [4.69, 9.17) is 4.74 Å². The topological polar surface area (TPSA) is 70.6 Å². The minimum atomic E-state index is -0.767. The van der Waals surface area contributed by atoms with Gasteiger partial charge in [0.25, 0.3) is 5.91 Å². The average Bonchev–Trinajstić information content (AvgIpc) is 2.53. The number of aliphatic hydroxyl groups excluding tert-OH is 1. The Hall–Kier alpha value is -1.14. The van der Waals surface area contributed by atoms with E-state index in [1.54, 1.807) is 7.11 Å². The molecule has 0 spiro atoms. The summed E-state index contributed by atoms with van der Waals surface area (Å²) in [6, 6.07) is 7.64. The Morgan fingerprint density at radius 3 is 2.64 bits per heavy atom. The van der Waals surface area contributed by atoms with Crippen molar-refractivity contribution in [2.45, 2.75) is 31.5 Å². The molecule has 1 aromatic rings. The van der Waals surface area contributed by atoms with Crippen molar-refractivity contribution in [3.05, 3.63) is 35.4 Å². The molecule has 2 rings (SSSR count). The molecule has 1 amide bonds. The van der Waals surface area contributed by atoms with Crippen LogP contribution in [0, 0.1) is 6.92 Å². The van der Waals surface area contributed by atoms with Crippen molar-refractivity contribution in [1.82, 2.24) is 10.6 Å². The monoisotopic (exact) mass is 328 g/mol. The van der Waals surface area contributed by atoms with Crippen LogP contribution in [0.15, 0.2) is 24.3 Å². The second-order valence-corrected chi connectivity index (χ2v) is 5.53. The lowest BCUT2D eigenvalue weighted by atomic mass is 9.91. The van der Waals surface area contributed by atoms with Crippen LogP contribution in [0.3, 0.4) is 0 Å². The third-order valence-electron chi connectivity index (χ3n) is 4.22. The molecule has 0 aliphatic carbocycles. The summed E-state index contributed by atoms with van der Waals surface area (Å²) in [5.74, 6) is -0.140. The first kappa shape index (κ1) is 18.9. The van der Waals surface area contributed by atoms with Gasteiger partial charge in [0.1, 0.15) is 5.60 Å². The lowest BCUT2D eigenvalue weighted by Crippen LogP contribution is -2.54. The molecule has 22 heavy (non-hydrogen) atoms. The number of amides is 1. The van der Waals surface area contributed by atoms with E-state index < -0.39 is 11.7 Å². The zero-order chi connectivity index (χ0) is 15.3. The summed E-state index contributed by atoms with van der Waals surface area (Å²) in [6.07, 6.45) is 0.594. The van der Waals surface area contributed by atoms with Gasteiger partial charge in [-0.05, 0) is 44.0 Å². The molecule has 0 aromatic heterocycles. The van der Waals surface area contributed by atoms with Gasteiger partial charge >= 0.3 is 0 Å². The maximum atomic E-state index is 12.4. The second-order valence-electron chi connectivity index (χ2n) is 5.53. The van der Waals surface area contributed by atoms with Gasteiger partial charge in [-0.2, -0.15) is 0 Å². The maximum Gasteiger partial charge on any atom is 0.252 e. The lowest BCUT2D eigenvalue weighted by Gasteiger charge is -2.35. The van der Waals surface area contributed by atoms with Gasteiger partial charge in [0.15, 0.2) is 0 Å². The molecule has 0 radical (unpaired) electrons. The molecule has 1 aliphatic rings. The third-order valence-corrected chi connectivity index (χ3v) is 4.22. The highest BCUT2D eigenvalue weighted by Crippen LogP contribution is 2.23. The van der Waals surface area contributed by atoms with Gasteiger partial charge in [-0.3, -0.25) is 4.79 Å². The fourth-order valence-corrected chi connectivity index (χ4v) is 2.78. The summed E-state index contributed by atoms with van der Waals surface area (Å²) < 4.78 is 5.47. The van der Waals surface area contributed by atoms with E-state index in [0.717, 1.165) is 24.2 Å². The van der Waals surface area contributed by atoms with E-state index in [0.29, 0.717) is 12.8 Å². The second kappa shape index (κ2) is 8.48. The number of benzene rings is 1. The molecule has 1 saturated heterocycles. The quantitative estimate of drug-likeness (QED) is 0.763. The molecular formula is C16H25ClN2O3. The number of halogens is 1. The number of rotatable bonds is 5. The number of hydrogen-bond acceptors (Lipinski definition) is 4. The van der Waals surface area contributed by atoms with Crippen molar-refractivity contribution in [3.8, 4) is 0 Å². The molecule has 5 nitrogen and oxygen atoms in total. The number of ether oxygens (including phenoxy) is 1. The minimum Gasteiger partial charge on any atom is -0.387 e. The van der Waals surface area contributed by atoms with Crippen molar-refractivity contribution in [3.63, 3.8) is 0 Å². The first-order chi connectivity index (χ1) is 10.1. The molecule has 1 aromatic carbocycles. The molecule has 124 valence electrons. The highest BCUT2D eigenvalue weighted by atomic mass is 35.5. The van der Waals surface area contributed by atoms with E-state index in [1.807, 2.05) is 31.2 Å². The summed E-state index contributed by atoms with van der Waals surface area (Å²) >= 11 is 0. The SMILES string of the molecule is COC1(C(=O)NCC(O)c2ccccc2C)CCNCC1.Cl. The number of aryl methyl sites for hydroxylation is 1. The van der Waals surface area contributed by atoms with Gasteiger partial charge < -0.3 is 20.5 Å².